The van der Waals surface area contributed by atoms with Crippen LogP contribution in [0.1, 0.15) is 15.9 Å². The van der Waals surface area contributed by atoms with Crippen LogP contribution in [0.15, 0.2) is 35.0 Å². The van der Waals surface area contributed by atoms with Gasteiger partial charge in [-0.15, -0.1) is 0 Å². The highest BCUT2D eigenvalue weighted by molar-refractivity contribution is 7.07. The zero-order valence-electron chi connectivity index (χ0n) is 8.94. The van der Waals surface area contributed by atoms with Gasteiger partial charge in [0.05, 0.1) is 10.6 Å². The van der Waals surface area contributed by atoms with Gasteiger partial charge in [0.25, 0.3) is 5.91 Å². The van der Waals surface area contributed by atoms with E-state index in [1.165, 1.54) is 0 Å². The Hall–Kier alpha value is -1.52. The molecular weight excluding hydrogens is 256 g/mol. The topological polar surface area (TPSA) is 55.1 Å². The number of halogens is 1. The quantitative estimate of drug-likeness (QED) is 0.840. The number of thiophene rings is 1. The Morgan fingerprint density at radius 1 is 1.41 bits per heavy atom. The summed E-state index contributed by atoms with van der Waals surface area (Å²) in [7, 11) is 0. The van der Waals surface area contributed by atoms with Crippen molar-refractivity contribution < 1.29 is 4.79 Å². The third-order valence-corrected chi connectivity index (χ3v) is 3.35. The molecule has 1 aromatic carbocycles. The fraction of sp³-hybridized carbons (Fsp3) is 0.0833. The van der Waals surface area contributed by atoms with Gasteiger partial charge in [0.1, 0.15) is 0 Å². The Bertz CT molecular complexity index is 505. The van der Waals surface area contributed by atoms with Gasteiger partial charge in [0.15, 0.2) is 0 Å². The monoisotopic (exact) mass is 266 g/mol. The summed E-state index contributed by atoms with van der Waals surface area (Å²) in [4.78, 5) is 11.9. The van der Waals surface area contributed by atoms with Crippen molar-refractivity contribution in [2.45, 2.75) is 6.54 Å². The highest BCUT2D eigenvalue weighted by Gasteiger charge is 2.13. The molecule has 1 aromatic heterocycles. The largest absolute Gasteiger partial charge is 0.398 e. The molecule has 0 aliphatic carbocycles. The number of nitrogens with two attached hydrogens (primary N) is 1. The first-order chi connectivity index (χ1) is 8.18. The molecule has 88 valence electrons. The predicted octanol–water partition coefficient (Wildman–Crippen LogP) is 2.91. The molecule has 0 atom stereocenters. The summed E-state index contributed by atoms with van der Waals surface area (Å²) in [5.41, 5.74) is 7.52. The van der Waals surface area contributed by atoms with Crippen LogP contribution in [0.3, 0.4) is 0 Å². The molecule has 1 heterocycles. The van der Waals surface area contributed by atoms with Crippen LogP contribution in [0.5, 0.6) is 0 Å². The van der Waals surface area contributed by atoms with Crippen molar-refractivity contribution in [1.82, 2.24) is 5.32 Å². The third kappa shape index (κ3) is 2.78. The van der Waals surface area contributed by atoms with Gasteiger partial charge in [-0.1, -0.05) is 17.7 Å². The smallest absolute Gasteiger partial charge is 0.255 e. The summed E-state index contributed by atoms with van der Waals surface area (Å²) in [6.07, 6.45) is 0. The van der Waals surface area contributed by atoms with Gasteiger partial charge in [-0.3, -0.25) is 4.79 Å². The molecule has 0 spiro atoms. The maximum atomic E-state index is 11.9. The number of carbonyl (C=O) groups is 1. The van der Waals surface area contributed by atoms with E-state index in [4.69, 9.17) is 17.3 Å². The second-order valence-corrected chi connectivity index (χ2v) is 4.71. The van der Waals surface area contributed by atoms with Crippen molar-refractivity contribution in [2.24, 2.45) is 0 Å². The number of hydrogen-bond donors (Lipinski definition) is 2. The van der Waals surface area contributed by atoms with Crippen LogP contribution in [0.25, 0.3) is 0 Å². The van der Waals surface area contributed by atoms with Gasteiger partial charge < -0.3 is 11.1 Å². The van der Waals surface area contributed by atoms with E-state index in [-0.39, 0.29) is 5.91 Å². The van der Waals surface area contributed by atoms with Crippen molar-refractivity contribution in [3.8, 4) is 0 Å². The summed E-state index contributed by atoms with van der Waals surface area (Å²) in [6.45, 7) is 0.479. The maximum Gasteiger partial charge on any atom is 0.255 e. The normalized spacial score (nSPS) is 10.2. The second kappa shape index (κ2) is 5.21. The lowest BCUT2D eigenvalue weighted by atomic mass is 10.1. The lowest BCUT2D eigenvalue weighted by Gasteiger charge is -2.08. The molecule has 3 N–H and O–H groups in total. The molecule has 0 fully saturated rings. The summed E-state index contributed by atoms with van der Waals surface area (Å²) in [6, 6.07) is 6.98. The molecule has 1 amide bonds. The summed E-state index contributed by atoms with van der Waals surface area (Å²) < 4.78 is 0. The van der Waals surface area contributed by atoms with Crippen LogP contribution in [-0.4, -0.2) is 5.91 Å². The molecule has 0 saturated heterocycles. The number of anilines is 1. The van der Waals surface area contributed by atoms with Crippen molar-refractivity contribution in [3.63, 3.8) is 0 Å². The Labute approximate surface area is 108 Å². The van der Waals surface area contributed by atoms with Crippen LogP contribution in [0.2, 0.25) is 5.02 Å². The molecule has 0 aliphatic heterocycles. The minimum atomic E-state index is -0.251. The van der Waals surface area contributed by atoms with Crippen molar-refractivity contribution >= 4 is 34.5 Å². The number of amides is 1. The highest BCUT2D eigenvalue weighted by atomic mass is 35.5. The maximum absolute atomic E-state index is 11.9. The summed E-state index contributed by atoms with van der Waals surface area (Å²) in [5.74, 6) is -0.251. The van der Waals surface area contributed by atoms with Gasteiger partial charge in [0.2, 0.25) is 0 Å². The zero-order valence-corrected chi connectivity index (χ0v) is 10.5. The SMILES string of the molecule is Nc1cccc(Cl)c1C(=O)NCc1ccsc1. The molecule has 2 aromatic rings. The van der Waals surface area contributed by atoms with Gasteiger partial charge in [0, 0.05) is 12.2 Å². The average molecular weight is 267 g/mol. The van der Waals surface area contributed by atoms with Crippen molar-refractivity contribution in [3.05, 3.63) is 51.2 Å². The highest BCUT2D eigenvalue weighted by Crippen LogP contribution is 2.21. The fourth-order valence-corrected chi connectivity index (χ4v) is 2.38. The molecule has 0 saturated carbocycles. The number of nitrogens with one attached hydrogen (secondary N) is 1. The molecule has 0 unspecified atom stereocenters. The third-order valence-electron chi connectivity index (χ3n) is 2.31. The van der Waals surface area contributed by atoms with E-state index in [9.17, 15) is 4.79 Å². The van der Waals surface area contributed by atoms with Crippen molar-refractivity contribution in [1.29, 1.82) is 0 Å². The van der Waals surface area contributed by atoms with Crippen molar-refractivity contribution in [2.75, 3.05) is 5.73 Å². The fourth-order valence-electron chi connectivity index (χ4n) is 1.44. The Morgan fingerprint density at radius 3 is 2.88 bits per heavy atom. The number of hydrogen-bond acceptors (Lipinski definition) is 3. The van der Waals surface area contributed by atoms with E-state index >= 15 is 0 Å². The molecule has 0 bridgehead atoms. The first kappa shape index (κ1) is 12.0. The van der Waals surface area contributed by atoms with E-state index in [0.29, 0.717) is 22.8 Å². The minimum absolute atomic E-state index is 0.251. The van der Waals surface area contributed by atoms with Crippen LogP contribution < -0.4 is 11.1 Å². The molecular formula is C12H11ClN2OS. The van der Waals surface area contributed by atoms with Crippen LogP contribution in [0.4, 0.5) is 5.69 Å². The predicted molar refractivity (Wildman–Crippen MR) is 71.4 cm³/mol. The van der Waals surface area contributed by atoms with E-state index < -0.39 is 0 Å². The molecule has 0 aliphatic rings. The minimum Gasteiger partial charge on any atom is -0.398 e. The van der Waals surface area contributed by atoms with Gasteiger partial charge in [-0.05, 0) is 34.5 Å². The molecule has 3 nitrogen and oxygen atoms in total. The number of rotatable bonds is 3. The second-order valence-electron chi connectivity index (χ2n) is 3.52. The standard InChI is InChI=1S/C12H11ClN2OS/c13-9-2-1-3-10(14)11(9)12(16)15-6-8-4-5-17-7-8/h1-5,7H,6,14H2,(H,15,16). The Kier molecular flexibility index (Phi) is 3.66. The Balaban J connectivity index is 2.10. The van der Waals surface area contributed by atoms with Crippen LogP contribution in [-0.2, 0) is 6.54 Å². The van der Waals surface area contributed by atoms with Gasteiger partial charge in [-0.2, -0.15) is 11.3 Å². The molecule has 0 radical (unpaired) electrons. The zero-order chi connectivity index (χ0) is 12.3. The Morgan fingerprint density at radius 2 is 2.24 bits per heavy atom. The van der Waals surface area contributed by atoms with E-state index in [0.717, 1.165) is 5.56 Å². The summed E-state index contributed by atoms with van der Waals surface area (Å²) >= 11 is 7.54. The number of carbonyl (C=O) groups excluding carboxylic acids is 1. The van der Waals surface area contributed by atoms with Crippen LogP contribution >= 0.6 is 22.9 Å². The number of benzene rings is 1. The van der Waals surface area contributed by atoms with Crippen LogP contribution in [0, 0.1) is 0 Å². The molecule has 2 rings (SSSR count). The van der Waals surface area contributed by atoms with Gasteiger partial charge in [-0.25, -0.2) is 0 Å². The van der Waals surface area contributed by atoms with E-state index in [1.54, 1.807) is 29.5 Å². The van der Waals surface area contributed by atoms with Gasteiger partial charge >= 0.3 is 0 Å². The lowest BCUT2D eigenvalue weighted by Crippen LogP contribution is -2.23. The summed E-state index contributed by atoms with van der Waals surface area (Å²) in [5, 5.41) is 7.10. The first-order valence-corrected chi connectivity index (χ1v) is 6.34. The molecule has 5 heteroatoms. The van der Waals surface area contributed by atoms with E-state index in [2.05, 4.69) is 5.32 Å². The van der Waals surface area contributed by atoms with E-state index in [1.807, 2.05) is 16.8 Å². The average Bonchev–Trinajstić information content (AvgIpc) is 2.79. The molecule has 17 heavy (non-hydrogen) atoms. The number of nitrogen functional groups attached to an aromatic ring is 1. The lowest BCUT2D eigenvalue weighted by molar-refractivity contribution is 0.0952. The first-order valence-electron chi connectivity index (χ1n) is 5.01.